The van der Waals surface area contributed by atoms with Gasteiger partial charge in [-0.3, -0.25) is 0 Å². The number of nitrogens with two attached hydrogens (primary N) is 2. The van der Waals surface area contributed by atoms with E-state index >= 15 is 0 Å². The lowest BCUT2D eigenvalue weighted by Crippen LogP contribution is -2.17. The average Bonchev–Trinajstić information content (AvgIpc) is 2.09. The Bertz CT molecular complexity index is 339. The van der Waals surface area contributed by atoms with Gasteiger partial charge in [-0.1, -0.05) is 13.8 Å². The molecule has 1 aromatic rings. The summed E-state index contributed by atoms with van der Waals surface area (Å²) in [7, 11) is 0. The van der Waals surface area contributed by atoms with Crippen molar-refractivity contribution >= 4 is 5.69 Å². The number of hydrogen-bond acceptors (Lipinski definition) is 3. The molecule has 0 bridgehead atoms. The fraction of sp³-hybridized carbons (Fsp3) is 0.400. The smallest absolute Gasteiger partial charge is 0.143 e. The first-order chi connectivity index (χ1) is 6.43. The van der Waals surface area contributed by atoms with Gasteiger partial charge >= 0.3 is 0 Å². The Labute approximate surface area is 82.5 Å². The summed E-state index contributed by atoms with van der Waals surface area (Å²) in [5, 5.41) is 9.57. The maximum Gasteiger partial charge on any atom is 0.143 e. The zero-order valence-corrected chi connectivity index (χ0v) is 8.29. The molecule has 0 saturated carbocycles. The summed E-state index contributed by atoms with van der Waals surface area (Å²) in [4.78, 5) is 0. The predicted molar refractivity (Wildman–Crippen MR) is 54.2 cm³/mol. The fourth-order valence-electron chi connectivity index (χ4n) is 1.26. The van der Waals surface area contributed by atoms with E-state index in [9.17, 15) is 9.50 Å². The van der Waals surface area contributed by atoms with Gasteiger partial charge in [-0.2, -0.15) is 0 Å². The third kappa shape index (κ3) is 1.96. The maximum absolute atomic E-state index is 13.0. The van der Waals surface area contributed by atoms with Crippen molar-refractivity contribution in [3.63, 3.8) is 0 Å². The van der Waals surface area contributed by atoms with Crippen LogP contribution in [0.1, 0.15) is 25.5 Å². The summed E-state index contributed by atoms with van der Waals surface area (Å²) in [6.45, 7) is 3.79. The highest BCUT2D eigenvalue weighted by atomic mass is 19.1. The number of aromatic hydroxyl groups is 1. The molecule has 0 aliphatic heterocycles. The zero-order chi connectivity index (χ0) is 10.9. The second-order valence-corrected chi connectivity index (χ2v) is 3.70. The SMILES string of the molecule is CC(C)[C@H](N)c1cc(F)cc(N)c1O. The van der Waals surface area contributed by atoms with Crippen LogP contribution in [0.5, 0.6) is 5.75 Å². The number of phenols is 1. The maximum atomic E-state index is 13.0. The lowest BCUT2D eigenvalue weighted by atomic mass is 9.95. The first-order valence-electron chi connectivity index (χ1n) is 4.47. The van der Waals surface area contributed by atoms with Crippen LogP contribution in [0.25, 0.3) is 0 Å². The summed E-state index contributed by atoms with van der Waals surface area (Å²) in [5.74, 6) is -0.485. The van der Waals surface area contributed by atoms with Crippen LogP contribution in [0, 0.1) is 11.7 Å². The molecule has 78 valence electrons. The molecule has 1 aromatic carbocycles. The van der Waals surface area contributed by atoms with Gasteiger partial charge in [0, 0.05) is 17.7 Å². The van der Waals surface area contributed by atoms with Crippen molar-refractivity contribution in [2.24, 2.45) is 11.7 Å². The number of nitrogen functional groups attached to an aromatic ring is 1. The Morgan fingerprint density at radius 3 is 2.43 bits per heavy atom. The quantitative estimate of drug-likeness (QED) is 0.501. The lowest BCUT2D eigenvalue weighted by molar-refractivity contribution is 0.439. The highest BCUT2D eigenvalue weighted by Crippen LogP contribution is 2.32. The van der Waals surface area contributed by atoms with Gasteiger partial charge in [0.2, 0.25) is 0 Å². The number of phenolic OH excluding ortho intramolecular Hbond substituents is 1. The number of halogens is 1. The first kappa shape index (κ1) is 10.8. The van der Waals surface area contributed by atoms with Crippen molar-refractivity contribution in [3.05, 3.63) is 23.5 Å². The van der Waals surface area contributed by atoms with Crippen LogP contribution < -0.4 is 11.5 Å². The molecule has 0 heterocycles. The molecule has 0 amide bonds. The van der Waals surface area contributed by atoms with Crippen molar-refractivity contribution in [1.82, 2.24) is 0 Å². The fourth-order valence-corrected chi connectivity index (χ4v) is 1.26. The van der Waals surface area contributed by atoms with Crippen molar-refractivity contribution in [1.29, 1.82) is 0 Å². The summed E-state index contributed by atoms with van der Waals surface area (Å²) in [5.41, 5.74) is 11.6. The number of rotatable bonds is 2. The van der Waals surface area contributed by atoms with Gasteiger partial charge in [0.25, 0.3) is 0 Å². The van der Waals surface area contributed by atoms with Crippen LogP contribution in [0.15, 0.2) is 12.1 Å². The standard InChI is InChI=1S/C10H15FN2O/c1-5(2)9(13)7-3-6(11)4-8(12)10(7)14/h3-5,9,14H,12-13H2,1-2H3/t9-/m0/s1. The molecule has 0 aliphatic rings. The van der Waals surface area contributed by atoms with Crippen LogP contribution in [-0.2, 0) is 0 Å². The van der Waals surface area contributed by atoms with Crippen LogP contribution in [-0.4, -0.2) is 5.11 Å². The highest BCUT2D eigenvalue weighted by molar-refractivity contribution is 5.57. The van der Waals surface area contributed by atoms with E-state index in [2.05, 4.69) is 0 Å². The zero-order valence-electron chi connectivity index (χ0n) is 8.29. The monoisotopic (exact) mass is 198 g/mol. The summed E-state index contributed by atoms with van der Waals surface area (Å²) >= 11 is 0. The average molecular weight is 198 g/mol. The van der Waals surface area contributed by atoms with E-state index in [4.69, 9.17) is 11.5 Å². The van der Waals surface area contributed by atoms with Crippen molar-refractivity contribution < 1.29 is 9.50 Å². The minimum Gasteiger partial charge on any atom is -0.505 e. The summed E-state index contributed by atoms with van der Waals surface area (Å²) in [6, 6.07) is 1.88. The minimum atomic E-state index is -0.480. The van der Waals surface area contributed by atoms with E-state index in [1.54, 1.807) is 0 Å². The number of hydrogen-bond donors (Lipinski definition) is 3. The van der Waals surface area contributed by atoms with Gasteiger partial charge in [-0.15, -0.1) is 0 Å². The molecule has 0 radical (unpaired) electrons. The van der Waals surface area contributed by atoms with Crippen molar-refractivity contribution in [2.45, 2.75) is 19.9 Å². The van der Waals surface area contributed by atoms with E-state index in [0.717, 1.165) is 6.07 Å². The number of anilines is 1. The van der Waals surface area contributed by atoms with E-state index in [0.29, 0.717) is 5.56 Å². The molecule has 4 heteroatoms. The molecular weight excluding hydrogens is 183 g/mol. The second-order valence-electron chi connectivity index (χ2n) is 3.70. The summed E-state index contributed by atoms with van der Waals surface area (Å²) in [6.07, 6.45) is 0. The van der Waals surface area contributed by atoms with Crippen LogP contribution in [0.2, 0.25) is 0 Å². The molecule has 14 heavy (non-hydrogen) atoms. The lowest BCUT2D eigenvalue weighted by Gasteiger charge is -2.18. The third-order valence-electron chi connectivity index (χ3n) is 2.21. The molecule has 5 N–H and O–H groups in total. The van der Waals surface area contributed by atoms with Crippen LogP contribution >= 0.6 is 0 Å². The molecule has 0 unspecified atom stereocenters. The highest BCUT2D eigenvalue weighted by Gasteiger charge is 2.17. The third-order valence-corrected chi connectivity index (χ3v) is 2.21. The minimum absolute atomic E-state index is 0.0242. The Balaban J connectivity index is 3.20. The van der Waals surface area contributed by atoms with Gasteiger partial charge in [0.05, 0.1) is 5.69 Å². The van der Waals surface area contributed by atoms with Gasteiger partial charge in [-0.05, 0) is 12.0 Å². The Hall–Kier alpha value is -1.29. The Morgan fingerprint density at radius 1 is 1.36 bits per heavy atom. The van der Waals surface area contributed by atoms with Crippen LogP contribution in [0.4, 0.5) is 10.1 Å². The van der Waals surface area contributed by atoms with E-state index in [1.165, 1.54) is 6.07 Å². The van der Waals surface area contributed by atoms with Gasteiger partial charge in [0.1, 0.15) is 11.6 Å². The van der Waals surface area contributed by atoms with Gasteiger partial charge in [-0.25, -0.2) is 4.39 Å². The largest absolute Gasteiger partial charge is 0.505 e. The normalized spacial score (nSPS) is 13.2. The molecule has 0 spiro atoms. The van der Waals surface area contributed by atoms with Crippen molar-refractivity contribution in [2.75, 3.05) is 5.73 Å². The molecule has 3 nitrogen and oxygen atoms in total. The molecule has 0 saturated heterocycles. The molecule has 0 fully saturated rings. The predicted octanol–water partition coefficient (Wildman–Crippen LogP) is 1.77. The molecule has 1 atom stereocenters. The van der Waals surface area contributed by atoms with E-state index in [-0.39, 0.29) is 17.4 Å². The van der Waals surface area contributed by atoms with Crippen LogP contribution in [0.3, 0.4) is 0 Å². The van der Waals surface area contributed by atoms with E-state index in [1.807, 2.05) is 13.8 Å². The molecule has 0 aliphatic carbocycles. The second kappa shape index (κ2) is 3.84. The van der Waals surface area contributed by atoms with Gasteiger partial charge in [0.15, 0.2) is 0 Å². The topological polar surface area (TPSA) is 72.3 Å². The Kier molecular flexibility index (Phi) is 2.96. The first-order valence-corrected chi connectivity index (χ1v) is 4.47. The summed E-state index contributed by atoms with van der Waals surface area (Å²) < 4.78 is 13.0. The van der Waals surface area contributed by atoms with E-state index < -0.39 is 11.9 Å². The number of benzene rings is 1. The van der Waals surface area contributed by atoms with Crippen molar-refractivity contribution in [3.8, 4) is 5.75 Å². The molecule has 0 aromatic heterocycles. The Morgan fingerprint density at radius 2 is 1.93 bits per heavy atom. The molecular formula is C10H15FN2O. The van der Waals surface area contributed by atoms with Gasteiger partial charge < -0.3 is 16.6 Å². The molecule has 1 rings (SSSR count).